The van der Waals surface area contributed by atoms with Crippen LogP contribution in [-0.2, 0) is 13.3 Å². The zero-order chi connectivity index (χ0) is 15.8. The molecule has 6 heteroatoms. The van der Waals surface area contributed by atoms with Crippen molar-refractivity contribution in [3.05, 3.63) is 0 Å². The summed E-state index contributed by atoms with van der Waals surface area (Å²) in [4.78, 5) is 0. The van der Waals surface area contributed by atoms with Gasteiger partial charge in [0.25, 0.3) is 0 Å². The highest BCUT2D eigenvalue weighted by Crippen LogP contribution is 2.23. The maximum atomic E-state index is 6.20. The summed E-state index contributed by atoms with van der Waals surface area (Å²) < 4.78 is 18.6. The van der Waals surface area contributed by atoms with Crippen molar-refractivity contribution >= 4 is 8.80 Å². The van der Waals surface area contributed by atoms with Crippen molar-refractivity contribution in [2.75, 3.05) is 13.1 Å². The number of nitrogens with two attached hydrogens (primary N) is 1. The van der Waals surface area contributed by atoms with Crippen LogP contribution in [0.5, 0.6) is 0 Å². The van der Waals surface area contributed by atoms with Gasteiger partial charge in [-0.15, -0.1) is 0 Å². The highest BCUT2D eigenvalue weighted by molar-refractivity contribution is 6.62. The van der Waals surface area contributed by atoms with Crippen LogP contribution in [0.1, 0.15) is 54.9 Å². The molecular weight excluding hydrogens is 272 g/mol. The molecule has 0 saturated carbocycles. The fourth-order valence-corrected chi connectivity index (χ4v) is 5.62. The van der Waals surface area contributed by atoms with Crippen molar-refractivity contribution in [1.29, 1.82) is 0 Å². The molecule has 0 aromatic rings. The minimum absolute atomic E-state index is 0.0629. The van der Waals surface area contributed by atoms with Crippen LogP contribution < -0.4 is 11.1 Å². The second-order valence-corrected chi connectivity index (χ2v) is 8.42. The minimum atomic E-state index is -2.82. The van der Waals surface area contributed by atoms with Crippen molar-refractivity contribution in [2.45, 2.75) is 78.9 Å². The molecule has 0 spiro atoms. The molecule has 20 heavy (non-hydrogen) atoms. The van der Waals surface area contributed by atoms with Gasteiger partial charge in [-0.1, -0.05) is 6.92 Å². The van der Waals surface area contributed by atoms with Crippen LogP contribution in [0.15, 0.2) is 0 Å². The summed E-state index contributed by atoms with van der Waals surface area (Å²) in [5.41, 5.74) is 5.68. The largest absolute Gasteiger partial charge is 0.519 e. The first-order valence-corrected chi connectivity index (χ1v) is 9.54. The molecule has 3 N–H and O–H groups in total. The number of hydrogen-bond acceptors (Lipinski definition) is 5. The lowest BCUT2D eigenvalue weighted by Crippen LogP contribution is -2.64. The van der Waals surface area contributed by atoms with Gasteiger partial charge in [0.2, 0.25) is 0 Å². The van der Waals surface area contributed by atoms with Gasteiger partial charge in [0.15, 0.2) is 0 Å². The predicted octanol–water partition coefficient (Wildman–Crippen LogP) is 2.07. The van der Waals surface area contributed by atoms with Crippen LogP contribution >= 0.6 is 0 Å². The van der Waals surface area contributed by atoms with Gasteiger partial charge in [-0.2, -0.15) is 0 Å². The summed E-state index contributed by atoms with van der Waals surface area (Å²) >= 11 is 0. The smallest absolute Gasteiger partial charge is 0.370 e. The van der Waals surface area contributed by atoms with E-state index >= 15 is 0 Å². The lowest BCUT2D eigenvalue weighted by Gasteiger charge is -2.39. The minimum Gasteiger partial charge on any atom is -0.370 e. The Morgan fingerprint density at radius 1 is 0.900 bits per heavy atom. The summed E-state index contributed by atoms with van der Waals surface area (Å²) in [5.74, 6) is 0. The topological polar surface area (TPSA) is 65.7 Å². The van der Waals surface area contributed by atoms with E-state index in [2.05, 4.69) is 12.2 Å². The Kier molecular flexibility index (Phi) is 9.87. The molecule has 0 aromatic heterocycles. The van der Waals surface area contributed by atoms with E-state index < -0.39 is 8.80 Å². The maximum absolute atomic E-state index is 6.20. The summed E-state index contributed by atoms with van der Waals surface area (Å²) in [6.45, 7) is 15.6. The lowest BCUT2D eigenvalue weighted by molar-refractivity contribution is -0.00728. The summed E-state index contributed by atoms with van der Waals surface area (Å²) in [6, 6.07) is 0. The number of hydrogen-bond donors (Lipinski definition) is 2. The van der Waals surface area contributed by atoms with Crippen molar-refractivity contribution in [2.24, 2.45) is 5.73 Å². The molecule has 1 unspecified atom stereocenters. The molecule has 0 aromatic carbocycles. The summed E-state index contributed by atoms with van der Waals surface area (Å²) in [5, 5.41) is 3.44. The van der Waals surface area contributed by atoms with Crippen molar-refractivity contribution in [3.8, 4) is 0 Å². The Morgan fingerprint density at radius 2 is 1.30 bits per heavy atom. The van der Waals surface area contributed by atoms with Crippen molar-refractivity contribution in [1.82, 2.24) is 5.32 Å². The van der Waals surface area contributed by atoms with Gasteiger partial charge < -0.3 is 24.3 Å². The Balaban J connectivity index is 5.28. The summed E-state index contributed by atoms with van der Waals surface area (Å²) in [6.07, 6.45) is 1.08. The Hall–Kier alpha value is 0.0169. The third kappa shape index (κ3) is 7.15. The second-order valence-electron chi connectivity index (χ2n) is 5.81. The number of rotatable bonds is 11. The first-order valence-electron chi connectivity index (χ1n) is 7.74. The zero-order valence-corrected chi connectivity index (χ0v) is 15.2. The van der Waals surface area contributed by atoms with E-state index in [1.54, 1.807) is 0 Å². The fraction of sp³-hybridized carbons (Fsp3) is 1.00. The van der Waals surface area contributed by atoms with Gasteiger partial charge >= 0.3 is 8.80 Å². The summed E-state index contributed by atoms with van der Waals surface area (Å²) in [7, 11) is -2.82. The standard InChI is InChI=1S/C14H34N2O3Si/c1-8-14(16-10-9-15)20(17-11(2)3,18-12(4)5)19-13(6)7/h11-14,16H,8-10,15H2,1-7H3. The van der Waals surface area contributed by atoms with Gasteiger partial charge in [0.1, 0.15) is 0 Å². The monoisotopic (exact) mass is 306 g/mol. The Morgan fingerprint density at radius 3 is 1.55 bits per heavy atom. The van der Waals surface area contributed by atoms with Crippen LogP contribution in [0.3, 0.4) is 0 Å². The number of nitrogens with one attached hydrogen (secondary N) is 1. The molecule has 0 aliphatic rings. The van der Waals surface area contributed by atoms with Gasteiger partial charge in [-0.05, 0) is 48.0 Å². The van der Waals surface area contributed by atoms with E-state index in [0.29, 0.717) is 6.54 Å². The van der Waals surface area contributed by atoms with Gasteiger partial charge in [0, 0.05) is 31.4 Å². The zero-order valence-electron chi connectivity index (χ0n) is 14.2. The normalized spacial score (nSPS) is 14.6. The molecule has 0 saturated heterocycles. The highest BCUT2D eigenvalue weighted by atomic mass is 28.4. The van der Waals surface area contributed by atoms with E-state index in [9.17, 15) is 0 Å². The van der Waals surface area contributed by atoms with Crippen LogP contribution in [0.25, 0.3) is 0 Å². The average Bonchev–Trinajstić information content (AvgIpc) is 2.26. The molecule has 0 fully saturated rings. The fourth-order valence-electron chi connectivity index (χ4n) is 2.09. The quantitative estimate of drug-likeness (QED) is 0.572. The molecule has 0 rings (SSSR count). The van der Waals surface area contributed by atoms with E-state index in [1.807, 2.05) is 41.5 Å². The van der Waals surface area contributed by atoms with Crippen LogP contribution in [0.2, 0.25) is 0 Å². The van der Waals surface area contributed by atoms with Gasteiger partial charge in [-0.3, -0.25) is 0 Å². The SMILES string of the molecule is CCC(NCCN)[Si](OC(C)C)(OC(C)C)OC(C)C. The van der Waals surface area contributed by atoms with Crippen molar-refractivity contribution < 1.29 is 13.3 Å². The maximum Gasteiger partial charge on any atom is 0.519 e. The first-order chi connectivity index (χ1) is 9.27. The molecule has 0 heterocycles. The van der Waals surface area contributed by atoms with E-state index in [1.165, 1.54) is 0 Å². The lowest BCUT2D eigenvalue weighted by atomic mass is 10.4. The molecule has 0 aliphatic heterocycles. The molecule has 122 valence electrons. The Labute approximate surface area is 125 Å². The molecule has 0 amide bonds. The first kappa shape index (κ1) is 20.0. The molecule has 1 atom stereocenters. The van der Waals surface area contributed by atoms with Gasteiger partial charge in [0.05, 0.1) is 5.67 Å². The average molecular weight is 307 g/mol. The highest BCUT2D eigenvalue weighted by Gasteiger charge is 2.51. The van der Waals surface area contributed by atoms with Crippen LogP contribution in [0.4, 0.5) is 0 Å². The molecule has 0 bridgehead atoms. The Bertz CT molecular complexity index is 224. The van der Waals surface area contributed by atoms with Crippen molar-refractivity contribution in [3.63, 3.8) is 0 Å². The molecule has 0 radical (unpaired) electrons. The molecule has 0 aliphatic carbocycles. The van der Waals surface area contributed by atoms with E-state index in [0.717, 1.165) is 13.0 Å². The third-order valence-corrected chi connectivity index (χ3v) is 6.44. The third-order valence-electron chi connectivity index (χ3n) is 2.57. The second kappa shape index (κ2) is 9.86. The van der Waals surface area contributed by atoms with Gasteiger partial charge in [-0.25, -0.2) is 0 Å². The van der Waals surface area contributed by atoms with Crippen LogP contribution in [0, 0.1) is 0 Å². The molecular formula is C14H34N2O3Si. The molecule has 5 nitrogen and oxygen atoms in total. The van der Waals surface area contributed by atoms with Crippen LogP contribution in [-0.4, -0.2) is 45.9 Å². The predicted molar refractivity (Wildman–Crippen MR) is 85.6 cm³/mol. The van der Waals surface area contributed by atoms with E-state index in [4.69, 9.17) is 19.0 Å². The van der Waals surface area contributed by atoms with E-state index in [-0.39, 0.29) is 24.0 Å².